The van der Waals surface area contributed by atoms with Crippen molar-refractivity contribution < 1.29 is 4.79 Å². The number of amides is 1. The van der Waals surface area contributed by atoms with Crippen LogP contribution in [0.25, 0.3) is 0 Å². The van der Waals surface area contributed by atoms with E-state index in [1.807, 2.05) is 48.5 Å². The third-order valence-corrected chi connectivity index (χ3v) is 4.07. The molecule has 0 saturated carbocycles. The van der Waals surface area contributed by atoms with Crippen molar-refractivity contribution >= 4 is 11.6 Å². The summed E-state index contributed by atoms with van der Waals surface area (Å²) in [4.78, 5) is 14.2. The molecule has 2 rings (SSSR count). The average molecular weight is 325 g/mol. The Balaban J connectivity index is 1.59. The second-order valence-corrected chi connectivity index (χ2v) is 6.04. The van der Waals surface area contributed by atoms with E-state index in [4.69, 9.17) is 5.73 Å². The van der Waals surface area contributed by atoms with Crippen LogP contribution in [-0.4, -0.2) is 26.0 Å². The van der Waals surface area contributed by atoms with Crippen molar-refractivity contribution in [3.05, 3.63) is 66.2 Å². The van der Waals surface area contributed by atoms with Crippen molar-refractivity contribution in [1.82, 2.24) is 5.32 Å². The standard InChI is InChI=1S/C20H27N3O/c1-23(18-12-6-3-7-13-18)15-9-8-14-22-20(24)16-19(21)17-10-4-2-5-11-17/h2-7,10-13,19H,8-9,14-16,21H2,1H3,(H,22,24). The van der Waals surface area contributed by atoms with E-state index >= 15 is 0 Å². The zero-order chi connectivity index (χ0) is 17.2. The second-order valence-electron chi connectivity index (χ2n) is 6.04. The Kier molecular flexibility index (Phi) is 7.30. The fraction of sp³-hybridized carbons (Fsp3) is 0.350. The zero-order valence-electron chi connectivity index (χ0n) is 14.3. The molecule has 3 N–H and O–H groups in total. The molecular weight excluding hydrogens is 298 g/mol. The first-order valence-corrected chi connectivity index (χ1v) is 8.50. The van der Waals surface area contributed by atoms with Crippen molar-refractivity contribution in [3.8, 4) is 0 Å². The van der Waals surface area contributed by atoms with Crippen LogP contribution in [-0.2, 0) is 4.79 Å². The SMILES string of the molecule is CN(CCCCNC(=O)CC(N)c1ccccc1)c1ccccc1. The molecular formula is C20H27N3O. The highest BCUT2D eigenvalue weighted by Crippen LogP contribution is 2.13. The van der Waals surface area contributed by atoms with Gasteiger partial charge >= 0.3 is 0 Å². The Labute approximate surface area is 144 Å². The molecule has 0 aliphatic carbocycles. The van der Waals surface area contributed by atoms with Gasteiger partial charge in [0.2, 0.25) is 5.91 Å². The molecule has 0 bridgehead atoms. The molecule has 4 heteroatoms. The van der Waals surface area contributed by atoms with Crippen LogP contribution in [0.2, 0.25) is 0 Å². The average Bonchev–Trinajstić information content (AvgIpc) is 2.62. The lowest BCUT2D eigenvalue weighted by Gasteiger charge is -2.19. The van der Waals surface area contributed by atoms with Crippen molar-refractivity contribution in [1.29, 1.82) is 0 Å². The van der Waals surface area contributed by atoms with Gasteiger partial charge in [0.1, 0.15) is 0 Å². The van der Waals surface area contributed by atoms with E-state index in [9.17, 15) is 4.79 Å². The monoisotopic (exact) mass is 325 g/mol. The number of hydrogen-bond donors (Lipinski definition) is 2. The minimum atomic E-state index is -0.240. The Morgan fingerprint density at radius 3 is 2.33 bits per heavy atom. The maximum Gasteiger partial charge on any atom is 0.221 e. The van der Waals surface area contributed by atoms with Gasteiger partial charge in [0.25, 0.3) is 0 Å². The highest BCUT2D eigenvalue weighted by Gasteiger charge is 2.10. The minimum Gasteiger partial charge on any atom is -0.375 e. The molecule has 2 aromatic rings. The third kappa shape index (κ3) is 6.05. The van der Waals surface area contributed by atoms with Crippen LogP contribution in [0.15, 0.2) is 60.7 Å². The smallest absolute Gasteiger partial charge is 0.221 e. The van der Waals surface area contributed by atoms with Gasteiger partial charge in [0.15, 0.2) is 0 Å². The summed E-state index contributed by atoms with van der Waals surface area (Å²) in [6.45, 7) is 1.67. The van der Waals surface area contributed by atoms with E-state index in [-0.39, 0.29) is 11.9 Å². The zero-order valence-corrected chi connectivity index (χ0v) is 14.3. The van der Waals surface area contributed by atoms with Gasteiger partial charge in [-0.1, -0.05) is 48.5 Å². The van der Waals surface area contributed by atoms with Crippen LogP contribution < -0.4 is 16.0 Å². The van der Waals surface area contributed by atoms with Gasteiger partial charge < -0.3 is 16.0 Å². The predicted octanol–water partition coefficient (Wildman–Crippen LogP) is 3.11. The van der Waals surface area contributed by atoms with Crippen LogP contribution in [0, 0.1) is 0 Å². The molecule has 1 atom stereocenters. The summed E-state index contributed by atoms with van der Waals surface area (Å²) in [5.41, 5.74) is 8.28. The van der Waals surface area contributed by atoms with Crippen molar-refractivity contribution in [2.24, 2.45) is 5.73 Å². The molecule has 0 aliphatic heterocycles. The molecule has 0 aromatic heterocycles. The molecule has 1 amide bonds. The molecule has 0 radical (unpaired) electrons. The first-order valence-electron chi connectivity index (χ1n) is 8.50. The van der Waals surface area contributed by atoms with E-state index in [1.165, 1.54) is 5.69 Å². The first-order chi connectivity index (χ1) is 11.7. The molecule has 1 unspecified atom stereocenters. The lowest BCUT2D eigenvalue weighted by molar-refractivity contribution is -0.121. The molecule has 0 spiro atoms. The fourth-order valence-corrected chi connectivity index (χ4v) is 2.60. The summed E-state index contributed by atoms with van der Waals surface area (Å²) in [5.74, 6) is 0.0165. The van der Waals surface area contributed by atoms with E-state index in [1.54, 1.807) is 0 Å². The number of anilines is 1. The van der Waals surface area contributed by atoms with Crippen LogP contribution >= 0.6 is 0 Å². The number of carbonyl (C=O) groups is 1. The molecule has 4 nitrogen and oxygen atoms in total. The van der Waals surface area contributed by atoms with Crippen LogP contribution in [0.5, 0.6) is 0 Å². The molecule has 24 heavy (non-hydrogen) atoms. The number of benzene rings is 2. The van der Waals surface area contributed by atoms with Gasteiger partial charge in [-0.25, -0.2) is 0 Å². The van der Waals surface area contributed by atoms with Crippen LogP contribution in [0.1, 0.15) is 30.9 Å². The number of hydrogen-bond acceptors (Lipinski definition) is 3. The van der Waals surface area contributed by atoms with Gasteiger partial charge in [-0.15, -0.1) is 0 Å². The van der Waals surface area contributed by atoms with E-state index < -0.39 is 0 Å². The van der Waals surface area contributed by atoms with E-state index in [0.717, 1.165) is 24.9 Å². The first kappa shape index (κ1) is 18.0. The summed E-state index contributed by atoms with van der Waals surface area (Å²) >= 11 is 0. The quantitative estimate of drug-likeness (QED) is 0.697. The van der Waals surface area contributed by atoms with Gasteiger partial charge in [-0.05, 0) is 30.5 Å². The lowest BCUT2D eigenvalue weighted by atomic mass is 10.0. The van der Waals surface area contributed by atoms with Gasteiger partial charge in [-0.2, -0.15) is 0 Å². The van der Waals surface area contributed by atoms with Gasteiger partial charge in [0.05, 0.1) is 0 Å². The predicted molar refractivity (Wildman–Crippen MR) is 99.9 cm³/mol. The topological polar surface area (TPSA) is 58.4 Å². The maximum absolute atomic E-state index is 11.9. The maximum atomic E-state index is 11.9. The number of nitrogens with zero attached hydrogens (tertiary/aromatic N) is 1. The van der Waals surface area contributed by atoms with Crippen LogP contribution in [0.3, 0.4) is 0 Å². The fourth-order valence-electron chi connectivity index (χ4n) is 2.60. The summed E-state index contributed by atoms with van der Waals surface area (Å²) in [6, 6.07) is 19.8. The summed E-state index contributed by atoms with van der Waals surface area (Å²) in [6.07, 6.45) is 2.33. The Morgan fingerprint density at radius 2 is 1.67 bits per heavy atom. The van der Waals surface area contributed by atoms with Crippen molar-refractivity contribution in [2.45, 2.75) is 25.3 Å². The normalized spacial score (nSPS) is 11.8. The highest BCUT2D eigenvalue weighted by molar-refractivity contribution is 5.76. The van der Waals surface area contributed by atoms with Crippen molar-refractivity contribution in [2.75, 3.05) is 25.0 Å². The lowest BCUT2D eigenvalue weighted by Crippen LogP contribution is -2.29. The number of nitrogens with one attached hydrogen (secondary N) is 1. The second kappa shape index (κ2) is 9.73. The molecule has 0 heterocycles. The van der Waals surface area contributed by atoms with Gasteiger partial charge in [0, 0.05) is 38.3 Å². The summed E-state index contributed by atoms with van der Waals surface area (Å²) < 4.78 is 0. The number of unbranched alkanes of at least 4 members (excludes halogenated alkanes) is 1. The number of rotatable bonds is 9. The third-order valence-electron chi connectivity index (χ3n) is 4.07. The molecule has 0 saturated heterocycles. The van der Waals surface area contributed by atoms with Gasteiger partial charge in [-0.3, -0.25) is 4.79 Å². The minimum absolute atomic E-state index is 0.0165. The molecule has 0 aliphatic rings. The van der Waals surface area contributed by atoms with Crippen LogP contribution in [0.4, 0.5) is 5.69 Å². The van der Waals surface area contributed by atoms with Crippen molar-refractivity contribution in [3.63, 3.8) is 0 Å². The molecule has 128 valence electrons. The summed E-state index contributed by atoms with van der Waals surface area (Å²) in [7, 11) is 2.09. The number of carbonyl (C=O) groups excluding carboxylic acids is 1. The molecule has 0 fully saturated rings. The number of para-hydroxylation sites is 1. The Morgan fingerprint density at radius 1 is 1.04 bits per heavy atom. The van der Waals surface area contributed by atoms with E-state index in [0.29, 0.717) is 13.0 Å². The number of nitrogens with two attached hydrogens (primary N) is 1. The molecule has 2 aromatic carbocycles. The largest absolute Gasteiger partial charge is 0.375 e. The Hall–Kier alpha value is -2.33. The highest BCUT2D eigenvalue weighted by atomic mass is 16.1. The Bertz CT molecular complexity index is 601. The summed E-state index contributed by atoms with van der Waals surface area (Å²) in [5, 5.41) is 2.96. The van der Waals surface area contributed by atoms with E-state index in [2.05, 4.69) is 29.4 Å².